The molecular weight excluding hydrogens is 383 g/mol. The molecule has 0 aliphatic carbocycles. The number of aromatic nitrogens is 2. The fraction of sp³-hybridized carbons (Fsp3) is 0.625. The first-order chi connectivity index (χ1) is 11.1. The van der Waals surface area contributed by atoms with Crippen LogP contribution in [0.15, 0.2) is 10.8 Å². The van der Waals surface area contributed by atoms with Crippen molar-refractivity contribution in [2.45, 2.75) is 45.0 Å². The molecule has 0 radical (unpaired) electrons. The van der Waals surface area contributed by atoms with Gasteiger partial charge in [0.15, 0.2) is 5.13 Å². The van der Waals surface area contributed by atoms with E-state index in [4.69, 9.17) is 11.6 Å². The predicted octanol–water partition coefficient (Wildman–Crippen LogP) is 4.89. The van der Waals surface area contributed by atoms with E-state index < -0.39 is 0 Å². The molecule has 0 unspecified atom stereocenters. The molecule has 8 heteroatoms. The van der Waals surface area contributed by atoms with Gasteiger partial charge >= 0.3 is 0 Å². The third kappa shape index (κ3) is 6.48. The highest BCUT2D eigenvalue weighted by molar-refractivity contribution is 7.13. The van der Waals surface area contributed by atoms with E-state index in [0.29, 0.717) is 11.8 Å². The van der Waals surface area contributed by atoms with E-state index >= 15 is 0 Å². The van der Waals surface area contributed by atoms with Crippen LogP contribution < -0.4 is 10.2 Å². The third-order valence-electron chi connectivity index (χ3n) is 3.47. The second-order valence-electron chi connectivity index (χ2n) is 5.81. The maximum absolute atomic E-state index is 5.59. The number of rotatable bonds is 5. The summed E-state index contributed by atoms with van der Waals surface area (Å²) in [7, 11) is 1.95. The monoisotopic (exact) mass is 408 g/mol. The maximum atomic E-state index is 5.59. The van der Waals surface area contributed by atoms with Crippen molar-refractivity contribution >= 4 is 51.8 Å². The van der Waals surface area contributed by atoms with E-state index in [1.165, 1.54) is 36.1 Å². The fourth-order valence-electron chi connectivity index (χ4n) is 2.26. The van der Waals surface area contributed by atoms with Gasteiger partial charge in [-0.15, -0.1) is 46.7 Å². The Labute approximate surface area is 164 Å². The van der Waals surface area contributed by atoms with Crippen LogP contribution in [-0.4, -0.2) is 30.1 Å². The van der Waals surface area contributed by atoms with Crippen molar-refractivity contribution < 1.29 is 0 Å². The SMILES string of the molecule is CC(C)c1nc(CCl)cs1.CNCc1csc(N2CCCC2)n1.Cl. The molecule has 1 aliphatic heterocycles. The van der Waals surface area contributed by atoms with Gasteiger partial charge in [0.25, 0.3) is 0 Å². The Hall–Kier alpha value is -0.400. The molecule has 24 heavy (non-hydrogen) atoms. The summed E-state index contributed by atoms with van der Waals surface area (Å²) in [6.07, 6.45) is 2.64. The Kier molecular flexibility index (Phi) is 10.2. The van der Waals surface area contributed by atoms with Crippen LogP contribution in [0.2, 0.25) is 0 Å². The Balaban J connectivity index is 0.000000238. The Morgan fingerprint density at radius 3 is 2.33 bits per heavy atom. The largest absolute Gasteiger partial charge is 0.348 e. The standard InChI is InChI=1S/C9H15N3S.C7H10ClNS.ClH/c1-10-6-8-7-13-9(11-8)12-4-2-3-5-12;1-5(2)7-9-6(3-8)4-10-7;/h7,10H,2-6H2,1H3;4-5H,3H2,1-2H3;1H. The molecule has 136 valence electrons. The van der Waals surface area contributed by atoms with Crippen LogP contribution in [0, 0.1) is 0 Å². The topological polar surface area (TPSA) is 41.1 Å². The van der Waals surface area contributed by atoms with Gasteiger partial charge in [0.2, 0.25) is 0 Å². The smallest absolute Gasteiger partial charge is 0.185 e. The molecule has 0 atom stereocenters. The lowest BCUT2D eigenvalue weighted by Crippen LogP contribution is -2.17. The van der Waals surface area contributed by atoms with Crippen LogP contribution in [0.5, 0.6) is 0 Å². The van der Waals surface area contributed by atoms with E-state index in [0.717, 1.165) is 17.9 Å². The molecule has 1 saturated heterocycles. The van der Waals surface area contributed by atoms with Crippen molar-refractivity contribution in [2.24, 2.45) is 0 Å². The lowest BCUT2D eigenvalue weighted by molar-refractivity contribution is 0.794. The molecule has 3 rings (SSSR count). The summed E-state index contributed by atoms with van der Waals surface area (Å²) >= 11 is 9.04. The van der Waals surface area contributed by atoms with Crippen LogP contribution in [0.1, 0.15) is 49.0 Å². The first kappa shape index (κ1) is 21.6. The molecule has 1 aliphatic rings. The molecule has 0 amide bonds. The van der Waals surface area contributed by atoms with Gasteiger partial charge in [0.1, 0.15) is 0 Å². The van der Waals surface area contributed by atoms with E-state index in [2.05, 4.69) is 39.4 Å². The van der Waals surface area contributed by atoms with Gasteiger partial charge < -0.3 is 10.2 Å². The molecule has 0 spiro atoms. The summed E-state index contributed by atoms with van der Waals surface area (Å²) in [6, 6.07) is 0. The summed E-state index contributed by atoms with van der Waals surface area (Å²) in [4.78, 5) is 11.3. The van der Waals surface area contributed by atoms with Crippen molar-refractivity contribution in [1.82, 2.24) is 15.3 Å². The third-order valence-corrected chi connectivity index (χ3v) is 5.89. The van der Waals surface area contributed by atoms with Crippen LogP contribution in [0.3, 0.4) is 0 Å². The van der Waals surface area contributed by atoms with E-state index in [-0.39, 0.29) is 12.4 Å². The first-order valence-electron chi connectivity index (χ1n) is 7.98. The van der Waals surface area contributed by atoms with Crippen LogP contribution in [0.25, 0.3) is 0 Å². The second kappa shape index (κ2) is 11.3. The molecular formula is C16H26Cl2N4S2. The number of alkyl halides is 1. The zero-order valence-corrected chi connectivity index (χ0v) is 17.6. The molecule has 2 aromatic rings. The van der Waals surface area contributed by atoms with E-state index in [1.54, 1.807) is 22.7 Å². The zero-order valence-electron chi connectivity index (χ0n) is 14.4. The van der Waals surface area contributed by atoms with Crippen LogP contribution >= 0.6 is 46.7 Å². The van der Waals surface area contributed by atoms with Crippen molar-refractivity contribution in [1.29, 1.82) is 0 Å². The van der Waals surface area contributed by atoms with Gasteiger partial charge in [0.05, 0.1) is 22.3 Å². The summed E-state index contributed by atoms with van der Waals surface area (Å²) in [5, 5.41) is 9.65. The number of anilines is 1. The summed E-state index contributed by atoms with van der Waals surface area (Å²) in [6.45, 7) is 7.52. The highest BCUT2D eigenvalue weighted by Crippen LogP contribution is 2.24. The number of nitrogens with one attached hydrogen (secondary N) is 1. The quantitative estimate of drug-likeness (QED) is 0.714. The normalized spacial score (nSPS) is 13.6. The fourth-order valence-corrected chi connectivity index (χ4v) is 4.20. The van der Waals surface area contributed by atoms with Gasteiger partial charge in [-0.3, -0.25) is 0 Å². The molecule has 1 fully saturated rings. The average Bonchev–Trinajstić information content (AvgIpc) is 3.28. The minimum Gasteiger partial charge on any atom is -0.348 e. The second-order valence-corrected chi connectivity index (χ2v) is 7.80. The molecule has 0 saturated carbocycles. The Morgan fingerprint density at radius 2 is 1.83 bits per heavy atom. The van der Waals surface area contributed by atoms with Gasteiger partial charge in [0, 0.05) is 36.3 Å². The van der Waals surface area contributed by atoms with Crippen molar-refractivity contribution in [2.75, 3.05) is 25.0 Å². The van der Waals surface area contributed by atoms with Crippen LogP contribution in [0.4, 0.5) is 5.13 Å². The summed E-state index contributed by atoms with van der Waals surface area (Å²) < 4.78 is 0. The van der Waals surface area contributed by atoms with E-state index in [9.17, 15) is 0 Å². The minimum absolute atomic E-state index is 0. The average molecular weight is 409 g/mol. The highest BCUT2D eigenvalue weighted by atomic mass is 35.5. The Bertz CT molecular complexity index is 580. The van der Waals surface area contributed by atoms with Crippen LogP contribution in [-0.2, 0) is 12.4 Å². The number of hydrogen-bond donors (Lipinski definition) is 1. The number of halogens is 2. The Morgan fingerprint density at radius 1 is 1.17 bits per heavy atom. The minimum atomic E-state index is 0. The molecule has 4 nitrogen and oxygen atoms in total. The number of nitrogens with zero attached hydrogens (tertiary/aromatic N) is 3. The van der Waals surface area contributed by atoms with Gasteiger partial charge in [-0.05, 0) is 19.9 Å². The summed E-state index contributed by atoms with van der Waals surface area (Å²) in [5.74, 6) is 1.06. The van der Waals surface area contributed by atoms with Gasteiger partial charge in [-0.25, -0.2) is 9.97 Å². The van der Waals surface area contributed by atoms with E-state index in [1.807, 2.05) is 12.4 Å². The van der Waals surface area contributed by atoms with Crippen molar-refractivity contribution in [3.8, 4) is 0 Å². The summed E-state index contributed by atoms with van der Waals surface area (Å²) in [5.41, 5.74) is 2.16. The molecule has 0 bridgehead atoms. The zero-order chi connectivity index (χ0) is 16.7. The highest BCUT2D eigenvalue weighted by Gasteiger charge is 2.15. The first-order valence-corrected chi connectivity index (χ1v) is 10.3. The maximum Gasteiger partial charge on any atom is 0.185 e. The predicted molar refractivity (Wildman–Crippen MR) is 109 cm³/mol. The number of hydrogen-bond acceptors (Lipinski definition) is 6. The number of thiazole rings is 2. The van der Waals surface area contributed by atoms with Gasteiger partial charge in [-0.2, -0.15) is 0 Å². The lowest BCUT2D eigenvalue weighted by atomic mass is 10.2. The van der Waals surface area contributed by atoms with Crippen molar-refractivity contribution in [3.05, 3.63) is 27.2 Å². The molecule has 0 aromatic carbocycles. The lowest BCUT2D eigenvalue weighted by Gasteiger charge is -2.12. The van der Waals surface area contributed by atoms with Crippen molar-refractivity contribution in [3.63, 3.8) is 0 Å². The molecule has 3 heterocycles. The molecule has 2 aromatic heterocycles. The van der Waals surface area contributed by atoms with Gasteiger partial charge in [-0.1, -0.05) is 13.8 Å². The molecule has 1 N–H and O–H groups in total.